The second-order valence-electron chi connectivity index (χ2n) is 6.46. The van der Waals surface area contributed by atoms with Gasteiger partial charge in [0.25, 0.3) is 5.91 Å². The third-order valence-electron chi connectivity index (χ3n) is 4.13. The number of carbonyl (C=O) groups is 1. The molecule has 0 aliphatic carbocycles. The number of nitrogens with zero attached hydrogens (tertiary/aromatic N) is 1. The van der Waals surface area contributed by atoms with E-state index < -0.39 is 32.7 Å². The van der Waals surface area contributed by atoms with Crippen LogP contribution in [0, 0.1) is 22.6 Å². The van der Waals surface area contributed by atoms with Crippen molar-refractivity contribution in [3.63, 3.8) is 0 Å². The Hall–Kier alpha value is -3.73. The summed E-state index contributed by atoms with van der Waals surface area (Å²) in [6.45, 7) is 0.197. The van der Waals surface area contributed by atoms with Crippen LogP contribution in [0.15, 0.2) is 47.4 Å². The minimum atomic E-state index is -4.33. The number of benzene rings is 2. The maximum atomic E-state index is 14.5. The minimum Gasteiger partial charge on any atom is -0.454 e. The van der Waals surface area contributed by atoms with Gasteiger partial charge in [-0.3, -0.25) is 15.4 Å². The quantitative estimate of drug-likeness (QED) is 0.0982. The summed E-state index contributed by atoms with van der Waals surface area (Å²) in [5.41, 5.74) is 6.91. The molecule has 170 valence electrons. The number of hydroxylamine groups is 1. The molecule has 0 radical (unpaired) electrons. The SMILES string of the molecule is N#Cc1ccc(Oc2ccc(S(=O)(=O)N[C@H](CCCNC(=N)N)C(=O)NO)cc2F)cc1. The molecule has 32 heavy (non-hydrogen) atoms. The Morgan fingerprint density at radius 3 is 2.53 bits per heavy atom. The smallest absolute Gasteiger partial charge is 0.261 e. The molecule has 0 saturated carbocycles. The largest absolute Gasteiger partial charge is 0.454 e. The van der Waals surface area contributed by atoms with Gasteiger partial charge in [-0.05, 0) is 55.3 Å². The number of carbonyl (C=O) groups excluding carboxylic acids is 1. The first-order valence-corrected chi connectivity index (χ1v) is 10.7. The number of rotatable bonds is 10. The monoisotopic (exact) mass is 464 g/mol. The number of guanidine groups is 1. The Balaban J connectivity index is 2.13. The van der Waals surface area contributed by atoms with E-state index in [1.165, 1.54) is 29.7 Å². The maximum Gasteiger partial charge on any atom is 0.261 e. The van der Waals surface area contributed by atoms with Crippen LogP contribution in [0.1, 0.15) is 18.4 Å². The molecule has 1 amide bonds. The molecule has 0 aromatic heterocycles. The van der Waals surface area contributed by atoms with E-state index in [1.807, 2.05) is 6.07 Å². The molecule has 13 heteroatoms. The highest BCUT2D eigenvalue weighted by Gasteiger charge is 2.26. The summed E-state index contributed by atoms with van der Waals surface area (Å²) in [5.74, 6) is -2.25. The van der Waals surface area contributed by atoms with Crippen LogP contribution in [0.2, 0.25) is 0 Å². The summed E-state index contributed by atoms with van der Waals surface area (Å²) in [5, 5.41) is 27.2. The van der Waals surface area contributed by atoms with Crippen molar-refractivity contribution in [1.29, 1.82) is 10.7 Å². The highest BCUT2D eigenvalue weighted by Crippen LogP contribution is 2.27. The lowest BCUT2D eigenvalue weighted by molar-refractivity contribution is -0.131. The first kappa shape index (κ1) is 24.5. The van der Waals surface area contributed by atoms with E-state index >= 15 is 0 Å². The van der Waals surface area contributed by atoms with Crippen LogP contribution in [-0.2, 0) is 14.8 Å². The van der Waals surface area contributed by atoms with Gasteiger partial charge in [-0.1, -0.05) is 0 Å². The van der Waals surface area contributed by atoms with Crippen molar-refractivity contribution in [2.75, 3.05) is 6.54 Å². The lowest BCUT2D eigenvalue weighted by Gasteiger charge is -2.17. The first-order valence-electron chi connectivity index (χ1n) is 9.18. The van der Waals surface area contributed by atoms with Gasteiger partial charge in [0.2, 0.25) is 10.0 Å². The fraction of sp³-hybridized carbons (Fsp3) is 0.211. The molecule has 0 fully saturated rings. The van der Waals surface area contributed by atoms with E-state index in [9.17, 15) is 17.6 Å². The van der Waals surface area contributed by atoms with E-state index in [0.29, 0.717) is 5.56 Å². The molecule has 7 N–H and O–H groups in total. The Bertz CT molecular complexity index is 1120. The number of nitrogens with two attached hydrogens (primary N) is 1. The van der Waals surface area contributed by atoms with Crippen LogP contribution < -0.4 is 26.0 Å². The number of nitrogens with one attached hydrogen (secondary N) is 4. The zero-order chi connectivity index (χ0) is 23.7. The van der Waals surface area contributed by atoms with Gasteiger partial charge in [-0.2, -0.15) is 9.98 Å². The van der Waals surface area contributed by atoms with Crippen LogP contribution in [0.25, 0.3) is 0 Å². The number of hydrogen-bond donors (Lipinski definition) is 6. The summed E-state index contributed by atoms with van der Waals surface area (Å²) in [4.78, 5) is 11.4. The topological polar surface area (TPSA) is 190 Å². The van der Waals surface area contributed by atoms with Crippen LogP contribution in [-0.4, -0.2) is 38.1 Å². The first-order chi connectivity index (χ1) is 15.2. The molecule has 0 saturated heterocycles. The van der Waals surface area contributed by atoms with Gasteiger partial charge >= 0.3 is 0 Å². The molecular weight excluding hydrogens is 443 g/mol. The number of sulfonamides is 1. The zero-order valence-electron chi connectivity index (χ0n) is 16.6. The predicted molar refractivity (Wildman–Crippen MR) is 111 cm³/mol. The zero-order valence-corrected chi connectivity index (χ0v) is 17.4. The predicted octanol–water partition coefficient (Wildman–Crippen LogP) is 0.905. The van der Waals surface area contributed by atoms with Gasteiger partial charge < -0.3 is 15.8 Å². The molecule has 0 unspecified atom stereocenters. The summed E-state index contributed by atoms with van der Waals surface area (Å²) in [6.07, 6.45) is 0.209. The standard InChI is InChI=1S/C19H21FN6O5S/c20-15-10-14(7-8-17(15)31-13-5-3-12(11-21)4-6-13)32(29,30)26-16(18(27)25-28)2-1-9-24-19(22)23/h3-8,10,16,26,28H,1-2,9H2,(H,25,27)(H4,22,23,24)/t16-/m1/s1. The molecule has 2 aromatic carbocycles. The van der Waals surface area contributed by atoms with Crippen molar-refractivity contribution in [1.82, 2.24) is 15.5 Å². The van der Waals surface area contributed by atoms with Crippen molar-refractivity contribution in [3.8, 4) is 17.6 Å². The molecule has 0 aliphatic rings. The van der Waals surface area contributed by atoms with Gasteiger partial charge in [0, 0.05) is 6.54 Å². The number of amides is 1. The second-order valence-corrected chi connectivity index (χ2v) is 8.18. The molecule has 0 bridgehead atoms. The molecule has 0 spiro atoms. The molecule has 0 heterocycles. The Morgan fingerprint density at radius 2 is 1.97 bits per heavy atom. The van der Waals surface area contributed by atoms with Crippen molar-refractivity contribution in [3.05, 3.63) is 53.8 Å². The van der Waals surface area contributed by atoms with E-state index in [2.05, 4.69) is 10.0 Å². The highest BCUT2D eigenvalue weighted by molar-refractivity contribution is 7.89. The lowest BCUT2D eigenvalue weighted by atomic mass is 10.1. The van der Waals surface area contributed by atoms with Gasteiger partial charge in [0.15, 0.2) is 17.5 Å². The fourth-order valence-corrected chi connectivity index (χ4v) is 3.80. The van der Waals surface area contributed by atoms with E-state index in [4.69, 9.17) is 26.3 Å². The van der Waals surface area contributed by atoms with Crippen molar-refractivity contribution >= 4 is 21.9 Å². The third kappa shape index (κ3) is 6.91. The second kappa shape index (κ2) is 11.0. The van der Waals surface area contributed by atoms with E-state index in [0.717, 1.165) is 18.2 Å². The number of ether oxygens (including phenoxy) is 1. The van der Waals surface area contributed by atoms with E-state index in [1.54, 1.807) is 0 Å². The van der Waals surface area contributed by atoms with Gasteiger partial charge in [0.1, 0.15) is 11.8 Å². The van der Waals surface area contributed by atoms with Crippen molar-refractivity contribution < 1.29 is 27.5 Å². The average molecular weight is 464 g/mol. The van der Waals surface area contributed by atoms with Gasteiger partial charge in [-0.15, -0.1) is 0 Å². The van der Waals surface area contributed by atoms with Crippen LogP contribution >= 0.6 is 0 Å². The average Bonchev–Trinajstić information content (AvgIpc) is 2.76. The Kier molecular flexibility index (Phi) is 8.47. The molecule has 0 aliphatic heterocycles. The molecular formula is C19H21FN6O5S. The minimum absolute atomic E-state index is 0.0335. The van der Waals surface area contributed by atoms with Crippen molar-refractivity contribution in [2.45, 2.75) is 23.8 Å². The summed E-state index contributed by atoms with van der Waals surface area (Å²) >= 11 is 0. The van der Waals surface area contributed by atoms with Gasteiger partial charge in [0.05, 0.1) is 16.5 Å². The Labute approximate surface area is 183 Å². The summed E-state index contributed by atoms with van der Waals surface area (Å²) in [6, 6.07) is 9.40. The molecule has 2 rings (SSSR count). The van der Waals surface area contributed by atoms with E-state index in [-0.39, 0.29) is 36.8 Å². The van der Waals surface area contributed by atoms with Crippen LogP contribution in [0.5, 0.6) is 11.5 Å². The fourth-order valence-electron chi connectivity index (χ4n) is 2.56. The van der Waals surface area contributed by atoms with Crippen molar-refractivity contribution in [2.24, 2.45) is 5.73 Å². The van der Waals surface area contributed by atoms with Gasteiger partial charge in [-0.25, -0.2) is 18.3 Å². The maximum absolute atomic E-state index is 14.5. The summed E-state index contributed by atoms with van der Waals surface area (Å²) in [7, 11) is -4.33. The highest BCUT2D eigenvalue weighted by atomic mass is 32.2. The lowest BCUT2D eigenvalue weighted by Crippen LogP contribution is -2.46. The number of nitriles is 1. The molecule has 2 aromatic rings. The van der Waals surface area contributed by atoms with Crippen LogP contribution in [0.4, 0.5) is 4.39 Å². The normalized spacial score (nSPS) is 11.8. The molecule has 1 atom stereocenters. The molecule has 11 nitrogen and oxygen atoms in total. The van der Waals surface area contributed by atoms with Crippen LogP contribution in [0.3, 0.4) is 0 Å². The Morgan fingerprint density at radius 1 is 1.28 bits per heavy atom. The third-order valence-corrected chi connectivity index (χ3v) is 5.60. The number of halogens is 1. The summed E-state index contributed by atoms with van der Waals surface area (Å²) < 4.78 is 47.2. The number of hydrogen-bond acceptors (Lipinski definition) is 7.